The Morgan fingerprint density at radius 1 is 1.00 bits per heavy atom. The van der Waals surface area contributed by atoms with Crippen LogP contribution in [0.3, 0.4) is 0 Å². The number of thiophene rings is 1. The number of nitrogens with one attached hydrogen (secondary N) is 3. The van der Waals surface area contributed by atoms with Crippen LogP contribution in [0.5, 0.6) is 5.75 Å². The Bertz CT molecular complexity index is 1070. The maximum atomic E-state index is 12.6. The first-order chi connectivity index (χ1) is 15.2. The molecule has 2 aromatic rings. The highest BCUT2D eigenvalue weighted by Crippen LogP contribution is 2.28. The van der Waals surface area contributed by atoms with Crippen LogP contribution in [0.1, 0.15) is 70.0 Å². The van der Waals surface area contributed by atoms with E-state index in [-0.39, 0.29) is 22.3 Å². The van der Waals surface area contributed by atoms with Gasteiger partial charge in [-0.2, -0.15) is 0 Å². The summed E-state index contributed by atoms with van der Waals surface area (Å²) in [6.45, 7) is 3.39. The first kappa shape index (κ1) is 24.2. The van der Waals surface area contributed by atoms with Gasteiger partial charge < -0.3 is 4.74 Å². The van der Waals surface area contributed by atoms with E-state index in [1.165, 1.54) is 59.9 Å². The molecular formula is C22H29N3O5S2. The molecule has 8 nitrogen and oxygen atoms in total. The molecule has 3 rings (SSSR count). The van der Waals surface area contributed by atoms with Gasteiger partial charge in [0.05, 0.1) is 12.0 Å². The SMILES string of the molecule is COc1ccc(C(=O)NNC(=O)c2cc3c(s2)CCCCCC3)cc1S(=O)(=O)NC(C)C. The average Bonchev–Trinajstić information content (AvgIpc) is 3.12. The fourth-order valence-corrected chi connectivity index (χ4v) is 6.20. The molecule has 0 saturated carbocycles. The molecule has 174 valence electrons. The summed E-state index contributed by atoms with van der Waals surface area (Å²) in [4.78, 5) is 26.8. The van der Waals surface area contributed by atoms with Crippen molar-refractivity contribution in [3.8, 4) is 5.75 Å². The van der Waals surface area contributed by atoms with Crippen molar-refractivity contribution in [1.29, 1.82) is 0 Å². The van der Waals surface area contributed by atoms with Gasteiger partial charge >= 0.3 is 0 Å². The lowest BCUT2D eigenvalue weighted by Gasteiger charge is -2.14. The number of amides is 2. The first-order valence-electron chi connectivity index (χ1n) is 10.6. The number of carbonyl (C=O) groups excluding carboxylic acids is 2. The molecule has 0 fully saturated rings. The Labute approximate surface area is 192 Å². The maximum absolute atomic E-state index is 12.6. The molecule has 10 heteroatoms. The lowest BCUT2D eigenvalue weighted by Crippen LogP contribution is -2.41. The van der Waals surface area contributed by atoms with Gasteiger partial charge in [-0.3, -0.25) is 20.4 Å². The number of benzene rings is 1. The summed E-state index contributed by atoms with van der Waals surface area (Å²) in [7, 11) is -2.53. The summed E-state index contributed by atoms with van der Waals surface area (Å²) in [5.41, 5.74) is 6.10. The van der Waals surface area contributed by atoms with Crippen LogP contribution in [0.15, 0.2) is 29.2 Å². The fraction of sp³-hybridized carbons (Fsp3) is 0.455. The first-order valence-corrected chi connectivity index (χ1v) is 12.9. The van der Waals surface area contributed by atoms with Crippen LogP contribution in [0.4, 0.5) is 0 Å². The Balaban J connectivity index is 1.71. The van der Waals surface area contributed by atoms with E-state index < -0.39 is 21.8 Å². The van der Waals surface area contributed by atoms with Gasteiger partial charge in [-0.05, 0) is 69.4 Å². The molecule has 0 bridgehead atoms. The summed E-state index contributed by atoms with van der Waals surface area (Å²) in [6.07, 6.45) is 6.61. The number of carbonyl (C=O) groups is 2. The molecule has 1 aromatic carbocycles. The van der Waals surface area contributed by atoms with E-state index in [4.69, 9.17) is 4.74 Å². The number of sulfonamides is 1. The lowest BCUT2D eigenvalue weighted by atomic mass is 10.00. The summed E-state index contributed by atoms with van der Waals surface area (Å²) in [5.74, 6) is -0.899. The van der Waals surface area contributed by atoms with E-state index in [0.29, 0.717) is 4.88 Å². The van der Waals surface area contributed by atoms with E-state index >= 15 is 0 Å². The van der Waals surface area contributed by atoms with Crippen LogP contribution < -0.4 is 20.3 Å². The Hall–Kier alpha value is -2.43. The zero-order chi connectivity index (χ0) is 23.3. The van der Waals surface area contributed by atoms with Crippen LogP contribution >= 0.6 is 11.3 Å². The molecule has 1 aliphatic carbocycles. The van der Waals surface area contributed by atoms with Crippen LogP contribution in [0, 0.1) is 0 Å². The maximum Gasteiger partial charge on any atom is 0.279 e. The topological polar surface area (TPSA) is 114 Å². The van der Waals surface area contributed by atoms with E-state index in [1.54, 1.807) is 13.8 Å². The second kappa shape index (κ2) is 10.5. The van der Waals surface area contributed by atoms with Crippen molar-refractivity contribution < 1.29 is 22.7 Å². The number of aryl methyl sites for hydroxylation is 2. The average molecular weight is 480 g/mol. The number of hydrogen-bond donors (Lipinski definition) is 3. The minimum atomic E-state index is -3.88. The standard InChI is InChI=1S/C22H29N3O5S2/c1-14(2)25-32(28,29)20-13-16(10-11-17(20)30-3)21(26)23-24-22(27)19-12-15-8-6-4-5-7-9-18(15)31-19/h10-14,25H,4-9H2,1-3H3,(H,23,26)(H,24,27). The van der Waals surface area contributed by atoms with Crippen LogP contribution in [0.2, 0.25) is 0 Å². The molecule has 0 spiro atoms. The third-order valence-corrected chi connectivity index (χ3v) is 8.03. The molecule has 0 unspecified atom stereocenters. The molecule has 1 aliphatic rings. The van der Waals surface area contributed by atoms with Gasteiger partial charge in [-0.25, -0.2) is 13.1 Å². The zero-order valence-corrected chi connectivity index (χ0v) is 20.1. The highest BCUT2D eigenvalue weighted by atomic mass is 32.2. The molecular weight excluding hydrogens is 450 g/mol. The second-order valence-electron chi connectivity index (χ2n) is 8.02. The highest BCUT2D eigenvalue weighted by molar-refractivity contribution is 7.89. The molecule has 0 aliphatic heterocycles. The number of ether oxygens (including phenoxy) is 1. The summed E-state index contributed by atoms with van der Waals surface area (Å²) in [6, 6.07) is 5.65. The van der Waals surface area contributed by atoms with Gasteiger partial charge in [0.1, 0.15) is 10.6 Å². The number of fused-ring (bicyclic) bond motifs is 1. The zero-order valence-electron chi connectivity index (χ0n) is 18.5. The smallest absolute Gasteiger partial charge is 0.279 e. The van der Waals surface area contributed by atoms with Gasteiger partial charge in [-0.1, -0.05) is 12.8 Å². The number of hydrogen-bond acceptors (Lipinski definition) is 6. The summed E-state index contributed by atoms with van der Waals surface area (Å²) < 4.78 is 32.8. The van der Waals surface area contributed by atoms with Gasteiger partial charge in [0, 0.05) is 16.5 Å². The van der Waals surface area contributed by atoms with Crippen molar-refractivity contribution >= 4 is 33.2 Å². The molecule has 2 amide bonds. The summed E-state index contributed by atoms with van der Waals surface area (Å²) >= 11 is 1.46. The Kier molecular flexibility index (Phi) is 7.91. The van der Waals surface area contributed by atoms with E-state index in [2.05, 4.69) is 15.6 Å². The Morgan fingerprint density at radius 3 is 2.38 bits per heavy atom. The second-order valence-corrected chi connectivity index (χ2v) is 10.8. The number of rotatable bonds is 6. The molecule has 0 saturated heterocycles. The highest BCUT2D eigenvalue weighted by Gasteiger charge is 2.23. The molecule has 0 radical (unpaired) electrons. The molecule has 3 N–H and O–H groups in total. The van der Waals surface area contributed by atoms with Gasteiger partial charge in [-0.15, -0.1) is 11.3 Å². The van der Waals surface area contributed by atoms with Gasteiger partial charge in [0.15, 0.2) is 0 Å². The van der Waals surface area contributed by atoms with Crippen molar-refractivity contribution in [2.24, 2.45) is 0 Å². The molecule has 1 aromatic heterocycles. The third kappa shape index (κ3) is 5.87. The van der Waals surface area contributed by atoms with Crippen molar-refractivity contribution in [1.82, 2.24) is 15.6 Å². The molecule has 0 atom stereocenters. The van der Waals surface area contributed by atoms with E-state index in [9.17, 15) is 18.0 Å². The van der Waals surface area contributed by atoms with Crippen LogP contribution in [-0.4, -0.2) is 33.4 Å². The van der Waals surface area contributed by atoms with Crippen molar-refractivity contribution in [3.05, 3.63) is 45.1 Å². The van der Waals surface area contributed by atoms with Crippen molar-refractivity contribution in [2.75, 3.05) is 7.11 Å². The molecule has 32 heavy (non-hydrogen) atoms. The van der Waals surface area contributed by atoms with Crippen LogP contribution in [0.25, 0.3) is 0 Å². The summed E-state index contributed by atoms with van der Waals surface area (Å²) in [5, 5.41) is 0. The Morgan fingerprint density at radius 2 is 1.69 bits per heavy atom. The predicted molar refractivity (Wildman–Crippen MR) is 124 cm³/mol. The lowest BCUT2D eigenvalue weighted by molar-refractivity contribution is 0.0848. The fourth-order valence-electron chi connectivity index (χ4n) is 3.61. The van der Waals surface area contributed by atoms with Crippen molar-refractivity contribution in [3.63, 3.8) is 0 Å². The monoisotopic (exact) mass is 479 g/mol. The number of methoxy groups -OCH3 is 1. The quantitative estimate of drug-likeness (QED) is 0.551. The van der Waals surface area contributed by atoms with Gasteiger partial charge in [0.25, 0.3) is 11.8 Å². The minimum absolute atomic E-state index is 0.0775. The van der Waals surface area contributed by atoms with Crippen molar-refractivity contribution in [2.45, 2.75) is 63.3 Å². The van der Waals surface area contributed by atoms with E-state index in [1.807, 2.05) is 6.07 Å². The minimum Gasteiger partial charge on any atom is -0.495 e. The number of hydrazine groups is 1. The normalized spacial score (nSPS) is 14.2. The largest absolute Gasteiger partial charge is 0.495 e. The third-order valence-electron chi connectivity index (χ3n) is 5.12. The van der Waals surface area contributed by atoms with Crippen LogP contribution in [-0.2, 0) is 22.9 Å². The van der Waals surface area contributed by atoms with E-state index in [0.717, 1.165) is 25.7 Å². The van der Waals surface area contributed by atoms with Gasteiger partial charge in [0.2, 0.25) is 10.0 Å². The predicted octanol–water partition coefficient (Wildman–Crippen LogP) is 3.18. The molecule has 1 heterocycles.